The van der Waals surface area contributed by atoms with E-state index in [1.54, 1.807) is 12.1 Å². The molecule has 0 unspecified atom stereocenters. The van der Waals surface area contributed by atoms with Crippen molar-refractivity contribution >= 4 is 23.3 Å². The van der Waals surface area contributed by atoms with E-state index in [1.807, 2.05) is 27.7 Å². The molecule has 0 atom stereocenters. The number of carbonyl (C=O) groups excluding carboxylic acids is 1. The van der Waals surface area contributed by atoms with Gasteiger partial charge < -0.3 is 15.8 Å². The Hall–Kier alpha value is -2.61. The maximum absolute atomic E-state index is 11.2. The summed E-state index contributed by atoms with van der Waals surface area (Å²) in [6, 6.07) is 4.67. The maximum atomic E-state index is 11.2. The summed E-state index contributed by atoms with van der Waals surface area (Å²) in [7, 11) is 0. The van der Waals surface area contributed by atoms with Crippen molar-refractivity contribution < 1.29 is 9.72 Å². The SMILES string of the molecule is CC.CC.N/C=C\N(N)c1ccc(NCCCCCC=O)c([N+](=O)[O-])c1. The van der Waals surface area contributed by atoms with Crippen molar-refractivity contribution in [3.63, 3.8) is 0 Å². The van der Waals surface area contributed by atoms with E-state index in [0.717, 1.165) is 25.5 Å². The molecule has 0 spiro atoms. The van der Waals surface area contributed by atoms with Crippen molar-refractivity contribution in [2.45, 2.75) is 53.4 Å². The molecule has 8 heteroatoms. The molecule has 0 aliphatic heterocycles. The number of nitro benzene ring substituents is 1. The Kier molecular flexibility index (Phi) is 17.0. The third-order valence-electron chi connectivity index (χ3n) is 3.04. The number of hydrogen-bond donors (Lipinski definition) is 3. The Morgan fingerprint density at radius 3 is 2.38 bits per heavy atom. The predicted molar refractivity (Wildman–Crippen MR) is 109 cm³/mol. The Labute approximate surface area is 156 Å². The lowest BCUT2D eigenvalue weighted by atomic mass is 10.2. The van der Waals surface area contributed by atoms with Crippen molar-refractivity contribution in [1.82, 2.24) is 0 Å². The molecule has 0 saturated heterocycles. The maximum Gasteiger partial charge on any atom is 0.294 e. The molecule has 0 amide bonds. The summed E-state index contributed by atoms with van der Waals surface area (Å²) in [5, 5.41) is 15.4. The Bertz CT molecular complexity index is 536. The zero-order valence-electron chi connectivity index (χ0n) is 16.3. The number of aldehydes is 1. The molecule has 8 nitrogen and oxygen atoms in total. The number of unbranched alkanes of at least 4 members (excludes halogenated alkanes) is 3. The molecule has 0 heterocycles. The lowest BCUT2D eigenvalue weighted by molar-refractivity contribution is -0.383. The number of anilines is 2. The average Bonchev–Trinajstić information content (AvgIpc) is 2.68. The number of hydrogen-bond acceptors (Lipinski definition) is 7. The molecule has 0 radical (unpaired) electrons. The number of nitrogens with two attached hydrogens (primary N) is 2. The highest BCUT2D eigenvalue weighted by Crippen LogP contribution is 2.29. The fraction of sp³-hybridized carbons (Fsp3) is 0.500. The van der Waals surface area contributed by atoms with Gasteiger partial charge in [-0.1, -0.05) is 34.1 Å². The van der Waals surface area contributed by atoms with E-state index in [1.165, 1.54) is 23.5 Å². The van der Waals surface area contributed by atoms with Crippen LogP contribution in [-0.4, -0.2) is 17.8 Å². The molecule has 0 saturated carbocycles. The quantitative estimate of drug-likeness (QED) is 0.188. The van der Waals surface area contributed by atoms with Crippen LogP contribution < -0.4 is 21.9 Å². The highest BCUT2D eigenvalue weighted by molar-refractivity contribution is 5.68. The molecule has 5 N–H and O–H groups in total. The number of rotatable bonds is 10. The predicted octanol–water partition coefficient (Wildman–Crippen LogP) is 3.93. The molecule has 0 fully saturated rings. The van der Waals surface area contributed by atoms with Gasteiger partial charge in [0.15, 0.2) is 0 Å². The summed E-state index contributed by atoms with van der Waals surface area (Å²) in [4.78, 5) is 20.9. The van der Waals surface area contributed by atoms with E-state index >= 15 is 0 Å². The fourth-order valence-corrected chi connectivity index (χ4v) is 1.91. The van der Waals surface area contributed by atoms with Gasteiger partial charge in [0.25, 0.3) is 5.69 Å². The molecule has 1 aromatic rings. The fourth-order valence-electron chi connectivity index (χ4n) is 1.91. The highest BCUT2D eigenvalue weighted by Gasteiger charge is 2.15. The first-order valence-electron chi connectivity index (χ1n) is 8.98. The van der Waals surface area contributed by atoms with Crippen LogP contribution in [0, 0.1) is 10.1 Å². The van der Waals surface area contributed by atoms with Crippen molar-refractivity contribution in [2.75, 3.05) is 16.9 Å². The molecule has 1 aromatic carbocycles. The minimum absolute atomic E-state index is 0.0498. The van der Waals surface area contributed by atoms with Gasteiger partial charge in [-0.3, -0.25) is 15.1 Å². The van der Waals surface area contributed by atoms with Crippen LogP contribution in [0.1, 0.15) is 53.4 Å². The van der Waals surface area contributed by atoms with Gasteiger partial charge in [0, 0.05) is 31.4 Å². The number of carbonyl (C=O) groups is 1. The van der Waals surface area contributed by atoms with Gasteiger partial charge in [-0.05, 0) is 25.0 Å². The topological polar surface area (TPSA) is 128 Å². The number of nitrogens with zero attached hydrogens (tertiary/aromatic N) is 2. The van der Waals surface area contributed by atoms with Crippen LogP contribution in [0.3, 0.4) is 0 Å². The van der Waals surface area contributed by atoms with Crippen LogP contribution in [-0.2, 0) is 4.79 Å². The summed E-state index contributed by atoms with van der Waals surface area (Å²) >= 11 is 0. The third kappa shape index (κ3) is 10.3. The molecule has 0 bridgehead atoms. The second-order valence-corrected chi connectivity index (χ2v) is 4.65. The van der Waals surface area contributed by atoms with Crippen LogP contribution in [0.25, 0.3) is 0 Å². The molecule has 0 aromatic heterocycles. The molecule has 1 rings (SSSR count). The lowest BCUT2D eigenvalue weighted by Gasteiger charge is -2.14. The first-order chi connectivity index (χ1) is 12.6. The average molecular weight is 367 g/mol. The minimum atomic E-state index is -0.460. The van der Waals surface area contributed by atoms with Crippen molar-refractivity contribution in [2.24, 2.45) is 11.6 Å². The Morgan fingerprint density at radius 1 is 1.19 bits per heavy atom. The monoisotopic (exact) mass is 367 g/mol. The van der Waals surface area contributed by atoms with Crippen LogP contribution in [0.15, 0.2) is 30.6 Å². The van der Waals surface area contributed by atoms with Gasteiger partial charge in [-0.15, -0.1) is 0 Å². The van der Waals surface area contributed by atoms with E-state index < -0.39 is 4.92 Å². The molecule has 148 valence electrons. The standard InChI is InChI=1S/C14H21N5O3.2C2H6/c15-7-9-18(16)12-5-6-13(14(11-12)19(21)22)17-8-3-1-2-4-10-20;2*1-2/h5-7,9-11,17H,1-4,8,15-16H2;2*1-2H3/b9-7-;;. The molecular formula is C18H33N5O3. The zero-order chi connectivity index (χ0) is 20.4. The number of nitrogens with one attached hydrogen (secondary N) is 1. The van der Waals surface area contributed by atoms with Gasteiger partial charge in [-0.25, -0.2) is 5.84 Å². The summed E-state index contributed by atoms with van der Waals surface area (Å²) in [6.07, 6.45) is 6.67. The summed E-state index contributed by atoms with van der Waals surface area (Å²) < 4.78 is 0. The largest absolute Gasteiger partial charge is 0.403 e. The Balaban J connectivity index is 0. The van der Waals surface area contributed by atoms with Gasteiger partial charge in [0.1, 0.15) is 12.0 Å². The summed E-state index contributed by atoms with van der Waals surface area (Å²) in [6.45, 7) is 8.61. The summed E-state index contributed by atoms with van der Waals surface area (Å²) in [5.41, 5.74) is 6.09. The van der Waals surface area contributed by atoms with Crippen LogP contribution >= 0.6 is 0 Å². The summed E-state index contributed by atoms with van der Waals surface area (Å²) in [5.74, 6) is 5.69. The van der Waals surface area contributed by atoms with Gasteiger partial charge in [0.2, 0.25) is 0 Å². The molecule has 26 heavy (non-hydrogen) atoms. The highest BCUT2D eigenvalue weighted by atomic mass is 16.6. The van der Waals surface area contributed by atoms with E-state index in [-0.39, 0.29) is 5.69 Å². The number of nitro groups is 1. The Morgan fingerprint density at radius 2 is 1.85 bits per heavy atom. The smallest absolute Gasteiger partial charge is 0.294 e. The van der Waals surface area contributed by atoms with Gasteiger partial charge in [0.05, 0.1) is 10.6 Å². The molecule has 0 aliphatic rings. The molecule has 0 aliphatic carbocycles. The van der Waals surface area contributed by atoms with Crippen LogP contribution in [0.4, 0.5) is 17.1 Å². The number of hydrazine groups is 1. The van der Waals surface area contributed by atoms with E-state index in [0.29, 0.717) is 24.3 Å². The van der Waals surface area contributed by atoms with E-state index in [9.17, 15) is 14.9 Å². The van der Waals surface area contributed by atoms with Crippen LogP contribution in [0.5, 0.6) is 0 Å². The van der Waals surface area contributed by atoms with Crippen molar-refractivity contribution in [3.05, 3.63) is 40.7 Å². The van der Waals surface area contributed by atoms with Crippen molar-refractivity contribution in [1.29, 1.82) is 0 Å². The molecular weight excluding hydrogens is 334 g/mol. The second kappa shape index (κ2) is 17.2. The second-order valence-electron chi connectivity index (χ2n) is 4.65. The third-order valence-corrected chi connectivity index (χ3v) is 3.04. The number of benzene rings is 1. The van der Waals surface area contributed by atoms with Crippen LogP contribution in [0.2, 0.25) is 0 Å². The zero-order valence-corrected chi connectivity index (χ0v) is 16.3. The first kappa shape index (κ1) is 25.6. The minimum Gasteiger partial charge on any atom is -0.403 e. The van der Waals surface area contributed by atoms with Gasteiger partial charge >= 0.3 is 0 Å². The van der Waals surface area contributed by atoms with E-state index in [2.05, 4.69) is 5.32 Å². The van der Waals surface area contributed by atoms with Gasteiger partial charge in [-0.2, -0.15) is 0 Å². The van der Waals surface area contributed by atoms with E-state index in [4.69, 9.17) is 11.6 Å². The normalized spacial score (nSPS) is 9.42. The lowest BCUT2D eigenvalue weighted by Crippen LogP contribution is -2.24. The first-order valence-corrected chi connectivity index (χ1v) is 8.98. The van der Waals surface area contributed by atoms with Crippen molar-refractivity contribution in [3.8, 4) is 0 Å².